The van der Waals surface area contributed by atoms with Crippen molar-refractivity contribution in [3.8, 4) is 0 Å². The molecular formula is C10H20BrCl2O3P. The lowest BCUT2D eigenvalue weighted by Gasteiger charge is -2.25. The number of halogens is 3. The van der Waals surface area contributed by atoms with Gasteiger partial charge in [0, 0.05) is 17.1 Å². The van der Waals surface area contributed by atoms with Gasteiger partial charge in [-0.05, 0) is 12.3 Å². The Kier molecular flexibility index (Phi) is 13.4. The SMILES string of the molecule is CC(C)C(CCBr)OP(OCCCl)OCCCl. The van der Waals surface area contributed by atoms with Crippen LogP contribution in [0.5, 0.6) is 0 Å². The maximum Gasteiger partial charge on any atom is 0.333 e. The molecule has 0 fully saturated rings. The standard InChI is InChI=1S/C10H20BrCl2O3P/c1-9(2)10(3-4-11)16-17(14-7-5-12)15-8-6-13/h9-10H,3-8H2,1-2H3. The molecule has 0 aromatic carbocycles. The van der Waals surface area contributed by atoms with Gasteiger partial charge in [0.05, 0.1) is 19.3 Å². The molecule has 0 N–H and O–H groups in total. The summed E-state index contributed by atoms with van der Waals surface area (Å²) in [4.78, 5) is 0. The van der Waals surface area contributed by atoms with Crippen molar-refractivity contribution in [1.82, 2.24) is 0 Å². The molecule has 0 heterocycles. The van der Waals surface area contributed by atoms with Gasteiger partial charge in [0.15, 0.2) is 0 Å². The van der Waals surface area contributed by atoms with Crippen LogP contribution in [-0.4, -0.2) is 36.4 Å². The average molecular weight is 370 g/mol. The van der Waals surface area contributed by atoms with Crippen LogP contribution in [0.1, 0.15) is 20.3 Å². The lowest BCUT2D eigenvalue weighted by Crippen LogP contribution is -2.19. The van der Waals surface area contributed by atoms with Crippen molar-refractivity contribution in [1.29, 1.82) is 0 Å². The van der Waals surface area contributed by atoms with Crippen LogP contribution >= 0.6 is 47.7 Å². The van der Waals surface area contributed by atoms with Crippen LogP contribution in [0.25, 0.3) is 0 Å². The first kappa shape index (κ1) is 18.4. The van der Waals surface area contributed by atoms with E-state index >= 15 is 0 Å². The topological polar surface area (TPSA) is 27.7 Å². The molecule has 1 unspecified atom stereocenters. The molecule has 0 aliphatic carbocycles. The maximum absolute atomic E-state index is 5.83. The summed E-state index contributed by atoms with van der Waals surface area (Å²) in [7, 11) is -1.35. The summed E-state index contributed by atoms with van der Waals surface area (Å²) < 4.78 is 16.7. The van der Waals surface area contributed by atoms with Crippen molar-refractivity contribution < 1.29 is 13.6 Å². The number of rotatable bonds is 11. The fourth-order valence-electron chi connectivity index (χ4n) is 1.04. The minimum absolute atomic E-state index is 0.117. The van der Waals surface area contributed by atoms with Crippen molar-refractivity contribution in [3.05, 3.63) is 0 Å². The summed E-state index contributed by atoms with van der Waals surface area (Å²) in [5, 5.41) is 0.893. The van der Waals surface area contributed by atoms with Gasteiger partial charge in [0.1, 0.15) is 0 Å². The van der Waals surface area contributed by atoms with E-state index in [0.717, 1.165) is 11.8 Å². The molecule has 0 spiro atoms. The second kappa shape index (κ2) is 12.4. The monoisotopic (exact) mass is 368 g/mol. The van der Waals surface area contributed by atoms with Crippen LogP contribution in [0.4, 0.5) is 0 Å². The molecule has 1 atom stereocenters. The van der Waals surface area contributed by atoms with Gasteiger partial charge in [-0.2, -0.15) is 0 Å². The summed E-state index contributed by atoms with van der Waals surface area (Å²) in [5.74, 6) is 1.27. The van der Waals surface area contributed by atoms with Crippen molar-refractivity contribution in [2.75, 3.05) is 30.3 Å². The molecule has 0 aliphatic heterocycles. The summed E-state index contributed by atoms with van der Waals surface area (Å²) in [6, 6.07) is 0. The van der Waals surface area contributed by atoms with Crippen molar-refractivity contribution in [2.45, 2.75) is 26.4 Å². The van der Waals surface area contributed by atoms with Crippen molar-refractivity contribution in [3.63, 3.8) is 0 Å². The Bertz CT molecular complexity index is 170. The zero-order valence-electron chi connectivity index (χ0n) is 10.2. The van der Waals surface area contributed by atoms with E-state index in [9.17, 15) is 0 Å². The van der Waals surface area contributed by atoms with E-state index in [1.54, 1.807) is 0 Å². The highest BCUT2D eigenvalue weighted by Gasteiger charge is 2.21. The molecule has 0 saturated heterocycles. The second-order valence-corrected chi connectivity index (χ2v) is 6.36. The molecule has 0 rings (SSSR count). The van der Waals surface area contributed by atoms with Crippen LogP contribution in [0.3, 0.4) is 0 Å². The minimum Gasteiger partial charge on any atom is -0.311 e. The summed E-state index contributed by atoms with van der Waals surface area (Å²) in [5.41, 5.74) is 0. The first-order valence-electron chi connectivity index (χ1n) is 5.56. The third-order valence-electron chi connectivity index (χ3n) is 1.91. The first-order valence-corrected chi connectivity index (χ1v) is 8.84. The van der Waals surface area contributed by atoms with E-state index in [4.69, 9.17) is 36.8 Å². The summed E-state index contributed by atoms with van der Waals surface area (Å²) in [6.07, 6.45) is 1.04. The third kappa shape index (κ3) is 9.89. The number of hydrogen-bond acceptors (Lipinski definition) is 3. The number of alkyl halides is 3. The molecule has 0 saturated carbocycles. The van der Waals surface area contributed by atoms with Gasteiger partial charge in [-0.1, -0.05) is 29.8 Å². The normalized spacial score (nSPS) is 13.6. The zero-order chi connectivity index (χ0) is 13.1. The van der Waals surface area contributed by atoms with Gasteiger partial charge in [-0.3, -0.25) is 0 Å². The van der Waals surface area contributed by atoms with E-state index in [-0.39, 0.29) is 6.10 Å². The predicted molar refractivity (Wildman–Crippen MR) is 78.4 cm³/mol. The average Bonchev–Trinajstić information content (AvgIpc) is 2.31. The maximum atomic E-state index is 5.83. The molecule has 0 aromatic rings. The summed E-state index contributed by atoms with van der Waals surface area (Å²) >= 11 is 14.6. The van der Waals surface area contributed by atoms with Crippen LogP contribution in [0, 0.1) is 5.92 Å². The first-order chi connectivity index (χ1) is 8.15. The Labute approximate surface area is 124 Å². The lowest BCUT2D eigenvalue weighted by atomic mass is 10.1. The molecule has 0 bridgehead atoms. The molecule has 0 radical (unpaired) electrons. The van der Waals surface area contributed by atoms with Crippen molar-refractivity contribution >= 4 is 47.7 Å². The Balaban J connectivity index is 4.14. The van der Waals surface area contributed by atoms with Crippen LogP contribution in [0.15, 0.2) is 0 Å². The highest BCUT2D eigenvalue weighted by atomic mass is 79.9. The van der Waals surface area contributed by atoms with E-state index in [0.29, 0.717) is 30.9 Å². The molecule has 104 valence electrons. The molecular weight excluding hydrogens is 350 g/mol. The largest absolute Gasteiger partial charge is 0.333 e. The van der Waals surface area contributed by atoms with E-state index in [1.807, 2.05) is 0 Å². The molecule has 0 aliphatic rings. The lowest BCUT2D eigenvalue weighted by molar-refractivity contribution is 0.0951. The Hall–Kier alpha value is 1.37. The Morgan fingerprint density at radius 1 is 1.12 bits per heavy atom. The van der Waals surface area contributed by atoms with Gasteiger partial charge in [-0.25, -0.2) is 0 Å². The second-order valence-electron chi connectivity index (χ2n) is 3.63. The van der Waals surface area contributed by atoms with Crippen LogP contribution < -0.4 is 0 Å². The quantitative estimate of drug-likeness (QED) is 0.395. The van der Waals surface area contributed by atoms with Gasteiger partial charge in [0.25, 0.3) is 0 Å². The minimum atomic E-state index is -1.35. The third-order valence-corrected chi connectivity index (χ3v) is 3.90. The van der Waals surface area contributed by atoms with Crippen molar-refractivity contribution in [2.24, 2.45) is 5.92 Å². The van der Waals surface area contributed by atoms with Gasteiger partial charge in [0.2, 0.25) is 0 Å². The van der Waals surface area contributed by atoms with Crippen LogP contribution in [0.2, 0.25) is 0 Å². The highest BCUT2D eigenvalue weighted by Crippen LogP contribution is 2.42. The van der Waals surface area contributed by atoms with E-state index < -0.39 is 8.60 Å². The van der Waals surface area contributed by atoms with E-state index in [1.165, 1.54) is 0 Å². The molecule has 17 heavy (non-hydrogen) atoms. The predicted octanol–water partition coefficient (Wildman–Crippen LogP) is 4.55. The fraction of sp³-hybridized carbons (Fsp3) is 1.00. The van der Waals surface area contributed by atoms with Gasteiger partial charge < -0.3 is 13.6 Å². The molecule has 3 nitrogen and oxygen atoms in total. The van der Waals surface area contributed by atoms with Gasteiger partial charge in [-0.15, -0.1) is 23.2 Å². The van der Waals surface area contributed by atoms with Gasteiger partial charge >= 0.3 is 8.60 Å². The Morgan fingerprint density at radius 3 is 2.00 bits per heavy atom. The van der Waals surface area contributed by atoms with E-state index in [2.05, 4.69) is 29.8 Å². The van der Waals surface area contributed by atoms with Crippen LogP contribution in [-0.2, 0) is 13.6 Å². The zero-order valence-corrected chi connectivity index (χ0v) is 14.2. The Morgan fingerprint density at radius 2 is 1.65 bits per heavy atom. The fourth-order valence-corrected chi connectivity index (χ4v) is 3.11. The highest BCUT2D eigenvalue weighted by molar-refractivity contribution is 9.09. The molecule has 0 amide bonds. The molecule has 7 heteroatoms. The smallest absolute Gasteiger partial charge is 0.311 e. The molecule has 0 aromatic heterocycles. The summed E-state index contributed by atoms with van der Waals surface area (Å²) in [6.45, 7) is 5.08. The number of hydrogen-bond donors (Lipinski definition) is 0.